The Bertz CT molecular complexity index is 734. The summed E-state index contributed by atoms with van der Waals surface area (Å²) in [7, 11) is 3.74. The molecule has 0 saturated heterocycles. The molecular formula is C16H18F3N5O. The van der Waals surface area contributed by atoms with E-state index in [4.69, 9.17) is 0 Å². The number of halogens is 3. The van der Waals surface area contributed by atoms with E-state index in [0.717, 1.165) is 6.07 Å². The molecule has 1 amide bonds. The van der Waals surface area contributed by atoms with E-state index in [2.05, 4.69) is 20.6 Å². The van der Waals surface area contributed by atoms with Gasteiger partial charge in [0.2, 0.25) is 5.95 Å². The van der Waals surface area contributed by atoms with Crippen LogP contribution >= 0.6 is 0 Å². The van der Waals surface area contributed by atoms with Crippen LogP contribution in [0.25, 0.3) is 0 Å². The molecule has 25 heavy (non-hydrogen) atoms. The number of para-hydroxylation sites is 1. The van der Waals surface area contributed by atoms with Crippen LogP contribution in [0.4, 0.5) is 24.8 Å². The average molecular weight is 353 g/mol. The minimum atomic E-state index is -4.51. The molecule has 9 heteroatoms. The van der Waals surface area contributed by atoms with Crippen LogP contribution in [0.5, 0.6) is 0 Å². The van der Waals surface area contributed by atoms with Crippen LogP contribution < -0.4 is 10.6 Å². The first kappa shape index (κ1) is 18.7. The van der Waals surface area contributed by atoms with E-state index >= 15 is 0 Å². The summed E-state index contributed by atoms with van der Waals surface area (Å²) in [5.41, 5.74) is -0.944. The van der Waals surface area contributed by atoms with Gasteiger partial charge in [-0.3, -0.25) is 4.79 Å². The monoisotopic (exact) mass is 353 g/mol. The second-order valence-corrected chi connectivity index (χ2v) is 5.49. The molecule has 1 heterocycles. The maximum atomic E-state index is 13.0. The van der Waals surface area contributed by atoms with E-state index in [1.807, 2.05) is 19.0 Å². The number of amides is 1. The zero-order valence-corrected chi connectivity index (χ0v) is 13.8. The summed E-state index contributed by atoms with van der Waals surface area (Å²) in [5, 5.41) is 5.20. The first-order chi connectivity index (χ1) is 11.8. The molecule has 1 aromatic heterocycles. The Morgan fingerprint density at radius 1 is 1.20 bits per heavy atom. The SMILES string of the molecule is CN(C)CCNC(=O)c1ccnc(Nc2ccccc2C(F)(F)F)n1. The molecule has 134 valence electrons. The molecule has 0 saturated carbocycles. The van der Waals surface area contributed by atoms with E-state index in [-0.39, 0.29) is 17.3 Å². The van der Waals surface area contributed by atoms with Gasteiger partial charge >= 0.3 is 6.18 Å². The van der Waals surface area contributed by atoms with Gasteiger partial charge in [-0.1, -0.05) is 12.1 Å². The van der Waals surface area contributed by atoms with Crippen LogP contribution in [-0.2, 0) is 6.18 Å². The number of nitrogens with one attached hydrogen (secondary N) is 2. The topological polar surface area (TPSA) is 70.2 Å². The maximum absolute atomic E-state index is 13.0. The number of hydrogen-bond donors (Lipinski definition) is 2. The smallest absolute Gasteiger partial charge is 0.349 e. The van der Waals surface area contributed by atoms with Gasteiger partial charge < -0.3 is 15.5 Å². The van der Waals surface area contributed by atoms with Crippen molar-refractivity contribution in [1.82, 2.24) is 20.2 Å². The molecule has 0 aliphatic carbocycles. The molecule has 1 aromatic carbocycles. The quantitative estimate of drug-likeness (QED) is 0.835. The summed E-state index contributed by atoms with van der Waals surface area (Å²) in [5.74, 6) is -0.506. The van der Waals surface area contributed by atoms with Gasteiger partial charge in [-0.15, -0.1) is 0 Å². The van der Waals surface area contributed by atoms with Gasteiger partial charge in [0.15, 0.2) is 0 Å². The third kappa shape index (κ3) is 5.42. The van der Waals surface area contributed by atoms with Gasteiger partial charge in [-0.2, -0.15) is 13.2 Å². The normalized spacial score (nSPS) is 11.4. The van der Waals surface area contributed by atoms with E-state index in [0.29, 0.717) is 13.1 Å². The molecule has 6 nitrogen and oxygen atoms in total. The minimum absolute atomic E-state index is 0.0701. The third-order valence-corrected chi connectivity index (χ3v) is 3.21. The van der Waals surface area contributed by atoms with Gasteiger partial charge in [0.25, 0.3) is 5.91 Å². The summed E-state index contributed by atoms with van der Waals surface area (Å²) in [6.45, 7) is 1.08. The summed E-state index contributed by atoms with van der Waals surface area (Å²) < 4.78 is 39.0. The summed E-state index contributed by atoms with van der Waals surface area (Å²) >= 11 is 0. The Hall–Kier alpha value is -2.68. The lowest BCUT2D eigenvalue weighted by Gasteiger charge is -2.14. The summed E-state index contributed by atoms with van der Waals surface area (Å²) in [6, 6.07) is 6.39. The van der Waals surface area contributed by atoms with Crippen LogP contribution in [0, 0.1) is 0 Å². The minimum Gasteiger partial charge on any atom is -0.349 e. The Morgan fingerprint density at radius 2 is 1.92 bits per heavy atom. The van der Waals surface area contributed by atoms with Crippen molar-refractivity contribution in [3.05, 3.63) is 47.8 Å². The molecule has 0 aliphatic rings. The van der Waals surface area contributed by atoms with Crippen molar-refractivity contribution in [1.29, 1.82) is 0 Å². The van der Waals surface area contributed by atoms with Crippen molar-refractivity contribution in [2.24, 2.45) is 0 Å². The fourth-order valence-corrected chi connectivity index (χ4v) is 1.99. The number of benzene rings is 1. The van der Waals surface area contributed by atoms with Gasteiger partial charge in [0.1, 0.15) is 5.69 Å². The number of aromatic nitrogens is 2. The number of rotatable bonds is 6. The number of alkyl halides is 3. The fourth-order valence-electron chi connectivity index (χ4n) is 1.99. The van der Waals surface area contributed by atoms with Gasteiger partial charge in [0, 0.05) is 19.3 Å². The molecule has 0 unspecified atom stereocenters. The molecule has 2 aromatic rings. The largest absolute Gasteiger partial charge is 0.418 e. The van der Waals surface area contributed by atoms with Crippen LogP contribution in [0.2, 0.25) is 0 Å². The molecule has 0 spiro atoms. The Balaban J connectivity index is 2.14. The molecule has 2 N–H and O–H groups in total. The highest BCUT2D eigenvalue weighted by atomic mass is 19.4. The lowest BCUT2D eigenvalue weighted by molar-refractivity contribution is -0.136. The molecule has 0 fully saturated rings. The van der Waals surface area contributed by atoms with Crippen molar-refractivity contribution >= 4 is 17.5 Å². The highest BCUT2D eigenvalue weighted by Crippen LogP contribution is 2.35. The van der Waals surface area contributed by atoms with Crippen LogP contribution in [-0.4, -0.2) is 48.0 Å². The number of likely N-dealkylation sites (N-methyl/N-ethyl adjacent to an activating group) is 1. The predicted molar refractivity (Wildman–Crippen MR) is 87.6 cm³/mol. The van der Waals surface area contributed by atoms with Gasteiger partial charge in [-0.05, 0) is 32.3 Å². The second-order valence-electron chi connectivity index (χ2n) is 5.49. The zero-order chi connectivity index (χ0) is 18.4. The summed E-state index contributed by atoms with van der Waals surface area (Å²) in [4.78, 5) is 21.8. The van der Waals surface area contributed by atoms with Crippen LogP contribution in [0.1, 0.15) is 16.1 Å². The highest BCUT2D eigenvalue weighted by molar-refractivity contribution is 5.92. The predicted octanol–water partition coefficient (Wildman–Crippen LogP) is 2.53. The summed E-state index contributed by atoms with van der Waals surface area (Å²) in [6.07, 6.45) is -3.20. The van der Waals surface area contributed by atoms with Gasteiger partial charge in [-0.25, -0.2) is 9.97 Å². The van der Waals surface area contributed by atoms with Crippen molar-refractivity contribution in [2.75, 3.05) is 32.5 Å². The molecule has 2 rings (SSSR count). The zero-order valence-electron chi connectivity index (χ0n) is 13.8. The first-order valence-corrected chi connectivity index (χ1v) is 7.46. The second kappa shape index (κ2) is 7.93. The lowest BCUT2D eigenvalue weighted by Crippen LogP contribution is -2.31. The molecule has 0 atom stereocenters. The third-order valence-electron chi connectivity index (χ3n) is 3.21. The first-order valence-electron chi connectivity index (χ1n) is 7.46. The van der Waals surface area contributed by atoms with Crippen LogP contribution in [0.3, 0.4) is 0 Å². The van der Waals surface area contributed by atoms with Crippen molar-refractivity contribution in [2.45, 2.75) is 6.18 Å². The Labute approximate surface area is 143 Å². The average Bonchev–Trinajstić information content (AvgIpc) is 2.54. The number of carbonyl (C=O) groups excluding carboxylic acids is 1. The van der Waals surface area contributed by atoms with Crippen molar-refractivity contribution < 1.29 is 18.0 Å². The number of carbonyl (C=O) groups is 1. The Morgan fingerprint density at radius 3 is 2.60 bits per heavy atom. The van der Waals surface area contributed by atoms with Crippen molar-refractivity contribution in [3.8, 4) is 0 Å². The Kier molecular flexibility index (Phi) is 5.92. The molecule has 0 radical (unpaired) electrons. The van der Waals surface area contributed by atoms with Crippen molar-refractivity contribution in [3.63, 3.8) is 0 Å². The van der Waals surface area contributed by atoms with E-state index in [1.54, 1.807) is 0 Å². The fraction of sp³-hybridized carbons (Fsp3) is 0.312. The van der Waals surface area contributed by atoms with Crippen LogP contribution in [0.15, 0.2) is 36.5 Å². The highest BCUT2D eigenvalue weighted by Gasteiger charge is 2.33. The lowest BCUT2D eigenvalue weighted by atomic mass is 10.1. The van der Waals surface area contributed by atoms with E-state index in [1.165, 1.54) is 30.5 Å². The van der Waals surface area contributed by atoms with Gasteiger partial charge in [0.05, 0.1) is 11.3 Å². The molecule has 0 aliphatic heterocycles. The number of hydrogen-bond acceptors (Lipinski definition) is 5. The maximum Gasteiger partial charge on any atom is 0.418 e. The standard InChI is InChI=1S/C16H18F3N5O/c1-24(2)10-9-20-14(25)13-7-8-21-15(23-13)22-12-6-4-3-5-11(12)16(17,18)19/h3-8H,9-10H2,1-2H3,(H,20,25)(H,21,22,23). The molecular weight excluding hydrogens is 335 g/mol. The van der Waals surface area contributed by atoms with E-state index < -0.39 is 17.6 Å². The number of nitrogens with zero attached hydrogens (tertiary/aromatic N) is 3. The molecule has 0 bridgehead atoms. The number of anilines is 2. The van der Waals surface area contributed by atoms with E-state index in [9.17, 15) is 18.0 Å².